The molecule has 0 aliphatic heterocycles. The van der Waals surface area contributed by atoms with Crippen LogP contribution in [-0.4, -0.2) is 30.3 Å². The molecular weight excluding hydrogens is 243 g/mol. The molecule has 0 spiro atoms. The van der Waals surface area contributed by atoms with E-state index in [0.29, 0.717) is 4.73 Å². The fourth-order valence-electron chi connectivity index (χ4n) is 0.934. The van der Waals surface area contributed by atoms with E-state index in [9.17, 15) is 10.0 Å². The predicted molar refractivity (Wildman–Crippen MR) is 52.9 cm³/mol. The highest BCUT2D eigenvalue weighted by Crippen LogP contribution is 2.17. The van der Waals surface area contributed by atoms with E-state index in [1.165, 1.54) is 26.4 Å². The minimum Gasteiger partial charge on any atom is -0.284 e. The Balaban J connectivity index is 3.19. The molecule has 0 aliphatic rings. The number of hydrogen-bond acceptors (Lipinski definition) is 3. The van der Waals surface area contributed by atoms with Crippen LogP contribution < -0.4 is 4.73 Å². The molecule has 1 N–H and O–H groups in total. The Morgan fingerprint density at radius 3 is 2.73 bits per heavy atom. The van der Waals surface area contributed by atoms with E-state index in [0.717, 1.165) is 5.06 Å². The Hall–Kier alpha value is -1.04. The Kier molecular flexibility index (Phi) is 3.73. The maximum atomic E-state index is 11.6. The number of carbonyl (C=O) groups is 1. The molecule has 0 aliphatic carbocycles. The highest BCUT2D eigenvalue weighted by Gasteiger charge is 2.24. The van der Waals surface area contributed by atoms with Crippen LogP contribution >= 0.6 is 23.2 Å². The standard InChI is InChI=1S/C8H9Cl2N2O3/c1-11(15-2)8(13)6-3-5(9)4-12(14)7(6)10/h3-4,14H,1-2H3/q+1. The second-order valence-electron chi connectivity index (χ2n) is 2.69. The average molecular weight is 252 g/mol. The monoisotopic (exact) mass is 251 g/mol. The van der Waals surface area contributed by atoms with Gasteiger partial charge in [-0.1, -0.05) is 11.6 Å². The van der Waals surface area contributed by atoms with Gasteiger partial charge in [0.1, 0.15) is 10.6 Å². The molecule has 0 atom stereocenters. The number of hydrogen-bond donors (Lipinski definition) is 1. The van der Waals surface area contributed by atoms with Gasteiger partial charge in [-0.05, 0) is 17.7 Å². The van der Waals surface area contributed by atoms with Gasteiger partial charge in [-0.25, -0.2) is 5.06 Å². The number of pyridine rings is 1. The molecule has 1 aromatic heterocycles. The van der Waals surface area contributed by atoms with Gasteiger partial charge < -0.3 is 0 Å². The minimum absolute atomic E-state index is 0.0519. The average Bonchev–Trinajstić information content (AvgIpc) is 2.21. The zero-order chi connectivity index (χ0) is 11.6. The third kappa shape index (κ3) is 2.50. The van der Waals surface area contributed by atoms with Crippen LogP contribution in [0.15, 0.2) is 12.3 Å². The Bertz CT molecular complexity index is 398. The molecule has 1 rings (SSSR count). The molecule has 5 nitrogen and oxygen atoms in total. The lowest BCUT2D eigenvalue weighted by atomic mass is 10.2. The summed E-state index contributed by atoms with van der Waals surface area (Å²) in [6.45, 7) is 0. The zero-order valence-electron chi connectivity index (χ0n) is 8.07. The lowest BCUT2D eigenvalue weighted by molar-refractivity contribution is -0.903. The van der Waals surface area contributed by atoms with Gasteiger partial charge in [0, 0.05) is 11.8 Å². The number of carbonyl (C=O) groups excluding carboxylic acids is 1. The van der Waals surface area contributed by atoms with Crippen LogP contribution in [0.4, 0.5) is 0 Å². The smallest absolute Gasteiger partial charge is 0.284 e. The summed E-state index contributed by atoms with van der Waals surface area (Å²) in [6, 6.07) is 1.34. The van der Waals surface area contributed by atoms with E-state index in [1.54, 1.807) is 0 Å². The number of nitrogens with zero attached hydrogens (tertiary/aromatic N) is 2. The van der Waals surface area contributed by atoms with Crippen LogP contribution in [0, 0.1) is 0 Å². The van der Waals surface area contributed by atoms with E-state index in [2.05, 4.69) is 0 Å². The van der Waals surface area contributed by atoms with E-state index >= 15 is 0 Å². The van der Waals surface area contributed by atoms with Crippen LogP contribution in [-0.2, 0) is 4.84 Å². The predicted octanol–water partition coefficient (Wildman–Crippen LogP) is 1.15. The maximum absolute atomic E-state index is 11.6. The van der Waals surface area contributed by atoms with Crippen LogP contribution in [0.25, 0.3) is 0 Å². The summed E-state index contributed by atoms with van der Waals surface area (Å²) >= 11 is 11.4. The lowest BCUT2D eigenvalue weighted by Crippen LogP contribution is -2.35. The SMILES string of the molecule is CON(C)C(=O)c1cc(Cl)c[n+](O)c1Cl. The molecule has 7 heteroatoms. The van der Waals surface area contributed by atoms with Crippen molar-refractivity contribution >= 4 is 29.1 Å². The van der Waals surface area contributed by atoms with E-state index in [1.807, 2.05) is 0 Å². The first-order chi connectivity index (χ1) is 6.97. The summed E-state index contributed by atoms with van der Waals surface area (Å²) in [7, 11) is 2.75. The van der Waals surface area contributed by atoms with Gasteiger partial charge in [-0.15, -0.1) is 0 Å². The number of aromatic nitrogens is 1. The van der Waals surface area contributed by atoms with Crippen molar-refractivity contribution in [3.05, 3.63) is 28.0 Å². The second kappa shape index (κ2) is 4.65. The Morgan fingerprint density at radius 1 is 1.60 bits per heavy atom. The van der Waals surface area contributed by atoms with Crippen molar-refractivity contribution in [1.82, 2.24) is 5.06 Å². The summed E-state index contributed by atoms with van der Waals surface area (Å²) in [5, 5.41) is 10.3. The number of amides is 1. The van der Waals surface area contributed by atoms with Crippen molar-refractivity contribution in [2.45, 2.75) is 0 Å². The van der Waals surface area contributed by atoms with E-state index in [4.69, 9.17) is 28.0 Å². The van der Waals surface area contributed by atoms with Gasteiger partial charge in [0.25, 0.3) is 5.91 Å². The Labute approximate surface area is 96.3 Å². The molecule has 0 bridgehead atoms. The molecule has 0 unspecified atom stereocenters. The van der Waals surface area contributed by atoms with E-state index < -0.39 is 5.91 Å². The third-order valence-corrected chi connectivity index (χ3v) is 2.32. The zero-order valence-corrected chi connectivity index (χ0v) is 9.58. The molecule has 0 aromatic carbocycles. The fraction of sp³-hybridized carbons (Fsp3) is 0.250. The van der Waals surface area contributed by atoms with Crippen molar-refractivity contribution < 1.29 is 19.6 Å². The highest BCUT2D eigenvalue weighted by atomic mass is 35.5. The summed E-state index contributed by atoms with van der Waals surface area (Å²) < 4.78 is 0.570. The fourth-order valence-corrected chi connectivity index (χ4v) is 1.32. The third-order valence-electron chi connectivity index (χ3n) is 1.74. The van der Waals surface area contributed by atoms with Gasteiger partial charge in [0.2, 0.25) is 6.20 Å². The van der Waals surface area contributed by atoms with Gasteiger partial charge in [-0.3, -0.25) is 14.8 Å². The number of halogens is 2. The van der Waals surface area contributed by atoms with Crippen LogP contribution in [0.5, 0.6) is 0 Å². The molecule has 1 aromatic rings. The van der Waals surface area contributed by atoms with Crippen LogP contribution in [0.3, 0.4) is 0 Å². The molecule has 0 saturated heterocycles. The number of rotatable bonds is 2. The normalized spacial score (nSPS) is 10.1. The molecule has 0 radical (unpaired) electrons. The number of hydroxylamine groups is 2. The second-order valence-corrected chi connectivity index (χ2v) is 3.49. The molecule has 82 valence electrons. The molecule has 15 heavy (non-hydrogen) atoms. The molecule has 0 saturated carbocycles. The first-order valence-electron chi connectivity index (χ1n) is 3.89. The molecule has 1 amide bonds. The summed E-state index contributed by atoms with van der Waals surface area (Å²) in [5.41, 5.74) is 0.0519. The van der Waals surface area contributed by atoms with Crippen molar-refractivity contribution in [3.8, 4) is 0 Å². The van der Waals surface area contributed by atoms with Gasteiger partial charge >= 0.3 is 5.15 Å². The first kappa shape index (κ1) is 12.0. The highest BCUT2D eigenvalue weighted by molar-refractivity contribution is 6.33. The first-order valence-corrected chi connectivity index (χ1v) is 4.65. The van der Waals surface area contributed by atoms with Crippen molar-refractivity contribution in [1.29, 1.82) is 0 Å². The molecule has 0 fully saturated rings. The summed E-state index contributed by atoms with van der Waals surface area (Å²) in [6.07, 6.45) is 1.17. The van der Waals surface area contributed by atoms with Crippen LogP contribution in [0.2, 0.25) is 10.2 Å². The molecule has 1 heterocycles. The lowest BCUT2D eigenvalue weighted by Gasteiger charge is -2.12. The van der Waals surface area contributed by atoms with Gasteiger partial charge in [0.15, 0.2) is 0 Å². The van der Waals surface area contributed by atoms with Gasteiger partial charge in [-0.2, -0.15) is 0 Å². The van der Waals surface area contributed by atoms with Crippen molar-refractivity contribution in [3.63, 3.8) is 0 Å². The van der Waals surface area contributed by atoms with E-state index in [-0.39, 0.29) is 15.7 Å². The molecular formula is C8H9Cl2N2O3+. The van der Waals surface area contributed by atoms with Crippen molar-refractivity contribution in [2.75, 3.05) is 14.2 Å². The van der Waals surface area contributed by atoms with Crippen LogP contribution in [0.1, 0.15) is 10.4 Å². The summed E-state index contributed by atoms with van der Waals surface area (Å²) in [4.78, 5) is 16.3. The quantitative estimate of drug-likeness (QED) is 0.372. The van der Waals surface area contributed by atoms with Gasteiger partial charge in [0.05, 0.1) is 7.11 Å². The van der Waals surface area contributed by atoms with Crippen molar-refractivity contribution in [2.24, 2.45) is 0 Å². The maximum Gasteiger partial charge on any atom is 0.337 e. The largest absolute Gasteiger partial charge is 0.337 e. The minimum atomic E-state index is -0.507. The Morgan fingerprint density at radius 2 is 2.20 bits per heavy atom. The topological polar surface area (TPSA) is 53.7 Å². The summed E-state index contributed by atoms with van der Waals surface area (Å²) in [5.74, 6) is -0.507.